The lowest BCUT2D eigenvalue weighted by Crippen LogP contribution is -2.36. The molecule has 90 valence electrons. The van der Waals surface area contributed by atoms with E-state index in [4.69, 9.17) is 0 Å². The number of para-hydroxylation sites is 1. The number of hydrogen-bond donors (Lipinski definition) is 1. The monoisotopic (exact) mass is 230 g/mol. The Morgan fingerprint density at radius 1 is 1.35 bits per heavy atom. The van der Waals surface area contributed by atoms with Crippen molar-refractivity contribution in [2.24, 2.45) is 0 Å². The number of benzene rings is 1. The molecule has 2 rings (SSSR count). The van der Waals surface area contributed by atoms with E-state index in [1.165, 1.54) is 0 Å². The van der Waals surface area contributed by atoms with Crippen LogP contribution in [0.15, 0.2) is 30.5 Å². The van der Waals surface area contributed by atoms with Gasteiger partial charge in [0.1, 0.15) is 0 Å². The quantitative estimate of drug-likeness (QED) is 0.864. The van der Waals surface area contributed by atoms with E-state index in [1.54, 1.807) is 0 Å². The Morgan fingerprint density at radius 3 is 2.76 bits per heavy atom. The van der Waals surface area contributed by atoms with Gasteiger partial charge in [0.15, 0.2) is 0 Å². The molecule has 0 aliphatic heterocycles. The van der Waals surface area contributed by atoms with Crippen LogP contribution in [0.5, 0.6) is 0 Å². The van der Waals surface area contributed by atoms with Gasteiger partial charge in [-0.15, -0.1) is 0 Å². The first kappa shape index (κ1) is 11.7. The highest BCUT2D eigenvalue weighted by molar-refractivity contribution is 6.05. The smallest absolute Gasteiger partial charge is 0.256 e. The fourth-order valence-corrected chi connectivity index (χ4v) is 2.16. The summed E-state index contributed by atoms with van der Waals surface area (Å²) < 4.78 is 0. The minimum absolute atomic E-state index is 0.0931. The van der Waals surface area contributed by atoms with Gasteiger partial charge in [-0.25, -0.2) is 0 Å². The van der Waals surface area contributed by atoms with Gasteiger partial charge in [0.2, 0.25) is 0 Å². The van der Waals surface area contributed by atoms with Gasteiger partial charge in [0, 0.05) is 24.2 Å². The van der Waals surface area contributed by atoms with Gasteiger partial charge in [-0.1, -0.05) is 12.1 Å². The zero-order chi connectivity index (χ0) is 12.4. The zero-order valence-electron chi connectivity index (χ0n) is 10.5. The van der Waals surface area contributed by atoms with Gasteiger partial charge in [0.05, 0.1) is 11.1 Å². The van der Waals surface area contributed by atoms with Gasteiger partial charge < -0.3 is 9.88 Å². The molecule has 0 saturated carbocycles. The van der Waals surface area contributed by atoms with Crippen molar-refractivity contribution in [1.82, 2.24) is 9.88 Å². The Bertz CT molecular complexity index is 528. The number of nitrogens with one attached hydrogen (secondary N) is 1. The molecule has 0 aliphatic carbocycles. The number of carbonyl (C=O) groups is 1. The maximum absolute atomic E-state index is 12.4. The molecule has 1 aromatic heterocycles. The molecule has 0 atom stereocenters. The normalized spacial score (nSPS) is 11.1. The molecule has 17 heavy (non-hydrogen) atoms. The molecule has 3 heteroatoms. The molecule has 0 radical (unpaired) electrons. The van der Waals surface area contributed by atoms with Crippen LogP contribution in [0.25, 0.3) is 10.9 Å². The summed E-state index contributed by atoms with van der Waals surface area (Å²) in [6, 6.07) is 8.02. The summed E-state index contributed by atoms with van der Waals surface area (Å²) in [6.07, 6.45) is 1.87. The molecule has 0 aliphatic rings. The highest BCUT2D eigenvalue weighted by Crippen LogP contribution is 2.19. The van der Waals surface area contributed by atoms with E-state index >= 15 is 0 Å². The van der Waals surface area contributed by atoms with Gasteiger partial charge in [0.25, 0.3) is 5.91 Å². The molecule has 1 aromatic carbocycles. The van der Waals surface area contributed by atoms with E-state index in [1.807, 2.05) is 56.1 Å². The number of H-pyrrole nitrogens is 1. The predicted octanol–water partition coefficient (Wildman–Crippen LogP) is 3.04. The first-order chi connectivity index (χ1) is 8.15. The summed E-state index contributed by atoms with van der Waals surface area (Å²) in [7, 11) is 0. The highest BCUT2D eigenvalue weighted by Gasteiger charge is 2.19. The van der Waals surface area contributed by atoms with Crippen LogP contribution in [0.4, 0.5) is 0 Å². The van der Waals surface area contributed by atoms with E-state index in [0.717, 1.165) is 23.0 Å². The molecule has 0 spiro atoms. The van der Waals surface area contributed by atoms with Gasteiger partial charge in [-0.2, -0.15) is 0 Å². The van der Waals surface area contributed by atoms with Crippen LogP contribution in [0, 0.1) is 0 Å². The number of aromatic amines is 1. The Kier molecular flexibility index (Phi) is 3.18. The summed E-state index contributed by atoms with van der Waals surface area (Å²) in [5.41, 5.74) is 1.68. The molecular weight excluding hydrogens is 212 g/mol. The van der Waals surface area contributed by atoms with Gasteiger partial charge in [-0.05, 0) is 32.9 Å². The van der Waals surface area contributed by atoms with Gasteiger partial charge >= 0.3 is 0 Å². The summed E-state index contributed by atoms with van der Waals surface area (Å²) in [5, 5.41) is 1.08. The maximum Gasteiger partial charge on any atom is 0.256 e. The molecule has 0 bridgehead atoms. The van der Waals surface area contributed by atoms with E-state index in [0.29, 0.717) is 0 Å². The van der Waals surface area contributed by atoms with Crippen LogP contribution in [-0.2, 0) is 0 Å². The van der Waals surface area contributed by atoms with Crippen molar-refractivity contribution in [3.8, 4) is 0 Å². The summed E-state index contributed by atoms with van der Waals surface area (Å²) in [6.45, 7) is 6.81. The summed E-state index contributed by atoms with van der Waals surface area (Å²) in [5.74, 6) is 0.0931. The lowest BCUT2D eigenvalue weighted by atomic mass is 10.1. The summed E-state index contributed by atoms with van der Waals surface area (Å²) in [4.78, 5) is 17.4. The molecular formula is C14H18N2O. The third kappa shape index (κ3) is 2.05. The lowest BCUT2D eigenvalue weighted by Gasteiger charge is -2.25. The number of hydrogen-bond acceptors (Lipinski definition) is 1. The van der Waals surface area contributed by atoms with E-state index in [2.05, 4.69) is 4.98 Å². The Hall–Kier alpha value is -1.77. The Balaban J connectivity index is 2.45. The van der Waals surface area contributed by atoms with Crippen molar-refractivity contribution < 1.29 is 4.79 Å². The number of carbonyl (C=O) groups excluding carboxylic acids is 1. The minimum atomic E-state index is 0.0931. The average Bonchev–Trinajstić information content (AvgIpc) is 2.76. The van der Waals surface area contributed by atoms with Crippen molar-refractivity contribution >= 4 is 16.8 Å². The van der Waals surface area contributed by atoms with E-state index < -0.39 is 0 Å². The largest absolute Gasteiger partial charge is 0.361 e. The molecule has 1 amide bonds. The maximum atomic E-state index is 12.4. The lowest BCUT2D eigenvalue weighted by molar-refractivity contribution is 0.0719. The van der Waals surface area contributed by atoms with E-state index in [9.17, 15) is 4.79 Å². The second-order valence-corrected chi connectivity index (χ2v) is 4.43. The SMILES string of the molecule is CCN(C(=O)c1cccc2cc[nH]c12)C(C)C. The molecule has 2 aromatic rings. The Labute approximate surface area is 101 Å². The van der Waals surface area contributed by atoms with Crippen molar-refractivity contribution in [3.05, 3.63) is 36.0 Å². The van der Waals surface area contributed by atoms with Crippen LogP contribution in [0.1, 0.15) is 31.1 Å². The van der Waals surface area contributed by atoms with Crippen molar-refractivity contribution in [3.63, 3.8) is 0 Å². The third-order valence-corrected chi connectivity index (χ3v) is 3.04. The number of amides is 1. The molecule has 0 unspecified atom stereocenters. The van der Waals surface area contributed by atoms with Crippen LogP contribution in [-0.4, -0.2) is 28.4 Å². The fourth-order valence-electron chi connectivity index (χ4n) is 2.16. The fraction of sp³-hybridized carbons (Fsp3) is 0.357. The summed E-state index contributed by atoms with van der Waals surface area (Å²) >= 11 is 0. The van der Waals surface area contributed by atoms with Crippen molar-refractivity contribution in [2.75, 3.05) is 6.54 Å². The topological polar surface area (TPSA) is 36.1 Å². The number of aromatic nitrogens is 1. The van der Waals surface area contributed by atoms with E-state index in [-0.39, 0.29) is 11.9 Å². The second-order valence-electron chi connectivity index (χ2n) is 4.43. The highest BCUT2D eigenvalue weighted by atomic mass is 16.2. The molecule has 3 nitrogen and oxygen atoms in total. The predicted molar refractivity (Wildman–Crippen MR) is 70.1 cm³/mol. The van der Waals surface area contributed by atoms with Crippen molar-refractivity contribution in [1.29, 1.82) is 0 Å². The molecule has 1 N–H and O–H groups in total. The second kappa shape index (κ2) is 4.62. The number of rotatable bonds is 3. The molecule has 1 heterocycles. The van der Waals surface area contributed by atoms with Crippen LogP contribution < -0.4 is 0 Å². The molecule has 0 saturated heterocycles. The first-order valence-electron chi connectivity index (χ1n) is 6.02. The standard InChI is InChI=1S/C14H18N2O/c1-4-16(10(2)3)14(17)12-7-5-6-11-8-9-15-13(11)12/h5-10,15H,4H2,1-3H3. The van der Waals surface area contributed by atoms with Crippen LogP contribution in [0.3, 0.4) is 0 Å². The number of fused-ring (bicyclic) bond motifs is 1. The third-order valence-electron chi connectivity index (χ3n) is 3.04. The molecule has 0 fully saturated rings. The number of nitrogens with zero attached hydrogens (tertiary/aromatic N) is 1. The van der Waals surface area contributed by atoms with Crippen LogP contribution in [0.2, 0.25) is 0 Å². The zero-order valence-corrected chi connectivity index (χ0v) is 10.5. The average molecular weight is 230 g/mol. The first-order valence-corrected chi connectivity index (χ1v) is 6.02. The van der Waals surface area contributed by atoms with Crippen molar-refractivity contribution in [2.45, 2.75) is 26.8 Å². The Morgan fingerprint density at radius 2 is 2.12 bits per heavy atom. The van der Waals surface area contributed by atoms with Crippen LogP contribution >= 0.6 is 0 Å². The van der Waals surface area contributed by atoms with Gasteiger partial charge in [-0.3, -0.25) is 4.79 Å². The minimum Gasteiger partial charge on any atom is -0.361 e.